The lowest BCUT2D eigenvalue weighted by Gasteiger charge is -2.23. The van der Waals surface area contributed by atoms with E-state index in [1.807, 2.05) is 13.0 Å². The first-order valence-electron chi connectivity index (χ1n) is 10.1. The second kappa shape index (κ2) is 7.22. The third-order valence-electron chi connectivity index (χ3n) is 5.44. The van der Waals surface area contributed by atoms with E-state index in [2.05, 4.69) is 69.2 Å². The molecule has 0 saturated carbocycles. The van der Waals surface area contributed by atoms with Gasteiger partial charge in [0, 0.05) is 17.8 Å². The fraction of sp³-hybridized carbons (Fsp3) is 0.364. The van der Waals surface area contributed by atoms with Gasteiger partial charge in [-0.25, -0.2) is 9.97 Å². The SMILES string of the molecule is Cc1nc(N[C@@H](c2nnc3n2CCC3)C(C)C)c2cc(-c3ccccc3)sc2n1. The quantitative estimate of drug-likeness (QED) is 0.506. The molecular weight excluding hydrogens is 380 g/mol. The first-order chi connectivity index (χ1) is 14.1. The Morgan fingerprint density at radius 3 is 2.72 bits per heavy atom. The molecule has 29 heavy (non-hydrogen) atoms. The molecule has 0 amide bonds. The summed E-state index contributed by atoms with van der Waals surface area (Å²) >= 11 is 1.71. The Morgan fingerprint density at radius 1 is 1.10 bits per heavy atom. The van der Waals surface area contributed by atoms with Gasteiger partial charge in [0.25, 0.3) is 0 Å². The van der Waals surface area contributed by atoms with Crippen LogP contribution in [0.3, 0.4) is 0 Å². The molecule has 1 aliphatic rings. The van der Waals surface area contributed by atoms with Crippen molar-refractivity contribution in [2.45, 2.75) is 46.2 Å². The average Bonchev–Trinajstić information content (AvgIpc) is 3.42. The molecule has 0 bridgehead atoms. The lowest BCUT2D eigenvalue weighted by atomic mass is 10.0. The summed E-state index contributed by atoms with van der Waals surface area (Å²) in [5.74, 6) is 4.10. The van der Waals surface area contributed by atoms with Crippen molar-refractivity contribution in [3.63, 3.8) is 0 Å². The van der Waals surface area contributed by atoms with Crippen molar-refractivity contribution in [3.05, 3.63) is 53.9 Å². The fourth-order valence-electron chi connectivity index (χ4n) is 3.96. The Hall–Kier alpha value is -2.80. The summed E-state index contributed by atoms with van der Waals surface area (Å²) in [6.45, 7) is 7.37. The van der Waals surface area contributed by atoms with Crippen LogP contribution < -0.4 is 5.32 Å². The summed E-state index contributed by atoms with van der Waals surface area (Å²) in [5.41, 5.74) is 1.20. The minimum atomic E-state index is 0.0481. The summed E-state index contributed by atoms with van der Waals surface area (Å²) in [4.78, 5) is 11.7. The van der Waals surface area contributed by atoms with Gasteiger partial charge >= 0.3 is 0 Å². The highest BCUT2D eigenvalue weighted by Crippen LogP contribution is 2.37. The number of nitrogens with one attached hydrogen (secondary N) is 1. The van der Waals surface area contributed by atoms with Gasteiger partial charge in [0.2, 0.25) is 0 Å². The smallest absolute Gasteiger partial charge is 0.155 e. The number of aromatic nitrogens is 5. The number of benzene rings is 1. The molecule has 148 valence electrons. The lowest BCUT2D eigenvalue weighted by Crippen LogP contribution is -2.22. The van der Waals surface area contributed by atoms with Crippen LogP contribution in [0.4, 0.5) is 5.82 Å². The molecule has 0 radical (unpaired) electrons. The minimum Gasteiger partial charge on any atom is -0.359 e. The molecule has 3 aromatic heterocycles. The molecule has 6 nitrogen and oxygen atoms in total. The molecular formula is C22H24N6S. The van der Waals surface area contributed by atoms with E-state index in [4.69, 9.17) is 4.98 Å². The Bertz CT molecular complexity index is 1160. The number of hydrogen-bond donors (Lipinski definition) is 1. The molecule has 0 saturated heterocycles. The maximum Gasteiger partial charge on any atom is 0.155 e. The number of fused-ring (bicyclic) bond motifs is 2. The Labute approximate surface area is 174 Å². The van der Waals surface area contributed by atoms with E-state index >= 15 is 0 Å². The predicted octanol–water partition coefficient (Wildman–Crippen LogP) is 5.01. The highest BCUT2D eigenvalue weighted by atomic mass is 32.1. The van der Waals surface area contributed by atoms with E-state index < -0.39 is 0 Å². The van der Waals surface area contributed by atoms with Crippen LogP contribution in [0.2, 0.25) is 0 Å². The summed E-state index contributed by atoms with van der Waals surface area (Å²) in [7, 11) is 0. The second-order valence-electron chi connectivity index (χ2n) is 7.91. The van der Waals surface area contributed by atoms with Gasteiger partial charge in [-0.05, 0) is 30.9 Å². The van der Waals surface area contributed by atoms with Crippen LogP contribution in [0.5, 0.6) is 0 Å². The molecule has 0 spiro atoms. The van der Waals surface area contributed by atoms with Crippen molar-refractivity contribution in [1.29, 1.82) is 0 Å². The third kappa shape index (κ3) is 3.29. The second-order valence-corrected chi connectivity index (χ2v) is 8.94. The minimum absolute atomic E-state index is 0.0481. The molecule has 0 aliphatic carbocycles. The summed E-state index contributed by atoms with van der Waals surface area (Å²) in [6, 6.07) is 12.7. The maximum absolute atomic E-state index is 4.76. The third-order valence-corrected chi connectivity index (χ3v) is 6.52. The van der Waals surface area contributed by atoms with Crippen molar-refractivity contribution in [2.75, 3.05) is 5.32 Å². The Balaban J connectivity index is 1.57. The number of rotatable bonds is 5. The van der Waals surface area contributed by atoms with Gasteiger partial charge in [0.1, 0.15) is 22.3 Å². The van der Waals surface area contributed by atoms with Crippen LogP contribution in [-0.4, -0.2) is 24.7 Å². The van der Waals surface area contributed by atoms with E-state index in [0.29, 0.717) is 5.92 Å². The lowest BCUT2D eigenvalue weighted by molar-refractivity contribution is 0.495. The van der Waals surface area contributed by atoms with Gasteiger partial charge in [0.15, 0.2) is 5.82 Å². The van der Waals surface area contributed by atoms with Crippen LogP contribution in [0, 0.1) is 12.8 Å². The first-order valence-corrected chi connectivity index (χ1v) is 10.9. The number of nitrogens with zero attached hydrogens (tertiary/aromatic N) is 5. The van der Waals surface area contributed by atoms with E-state index in [1.165, 1.54) is 10.4 Å². The zero-order valence-corrected chi connectivity index (χ0v) is 17.7. The van der Waals surface area contributed by atoms with Crippen LogP contribution in [-0.2, 0) is 13.0 Å². The zero-order valence-electron chi connectivity index (χ0n) is 16.9. The summed E-state index contributed by atoms with van der Waals surface area (Å²) in [5, 5.41) is 13.7. The van der Waals surface area contributed by atoms with Crippen LogP contribution >= 0.6 is 11.3 Å². The maximum atomic E-state index is 4.76. The number of hydrogen-bond acceptors (Lipinski definition) is 6. The molecule has 0 unspecified atom stereocenters. The van der Waals surface area contributed by atoms with Crippen molar-refractivity contribution < 1.29 is 0 Å². The normalized spacial score (nSPS) is 14.5. The molecule has 7 heteroatoms. The highest BCUT2D eigenvalue weighted by Gasteiger charge is 2.27. The van der Waals surface area contributed by atoms with Crippen molar-refractivity contribution in [1.82, 2.24) is 24.7 Å². The van der Waals surface area contributed by atoms with Gasteiger partial charge in [-0.2, -0.15) is 0 Å². The monoisotopic (exact) mass is 404 g/mol. The molecule has 0 fully saturated rings. The summed E-state index contributed by atoms with van der Waals surface area (Å²) < 4.78 is 2.27. The summed E-state index contributed by atoms with van der Waals surface area (Å²) in [6.07, 6.45) is 2.16. The molecule has 4 heterocycles. The molecule has 5 rings (SSSR count). The molecule has 1 aliphatic heterocycles. The van der Waals surface area contributed by atoms with Gasteiger partial charge in [-0.1, -0.05) is 44.2 Å². The number of aryl methyl sites for hydroxylation is 2. The largest absolute Gasteiger partial charge is 0.359 e. The van der Waals surface area contributed by atoms with Crippen LogP contribution in [0.15, 0.2) is 36.4 Å². The van der Waals surface area contributed by atoms with E-state index in [1.54, 1.807) is 11.3 Å². The molecule has 1 aromatic carbocycles. The molecule has 4 aromatic rings. The molecule has 1 N–H and O–H groups in total. The Kier molecular flexibility index (Phi) is 4.54. The van der Waals surface area contributed by atoms with Gasteiger partial charge in [0.05, 0.1) is 11.4 Å². The van der Waals surface area contributed by atoms with Crippen LogP contribution in [0.1, 0.15) is 43.8 Å². The molecule has 1 atom stereocenters. The standard InChI is InChI=1S/C22H24N6S/c1-13(2)19(21-27-26-18-10-7-11-28(18)21)25-20-16-12-17(15-8-5-4-6-9-15)29-22(16)24-14(3)23-20/h4-6,8-9,12-13,19H,7,10-11H2,1-3H3,(H,23,24,25)/t19-/m1/s1. The number of anilines is 1. The van der Waals surface area contributed by atoms with Crippen molar-refractivity contribution >= 4 is 27.4 Å². The highest BCUT2D eigenvalue weighted by molar-refractivity contribution is 7.21. The van der Waals surface area contributed by atoms with E-state index in [-0.39, 0.29) is 6.04 Å². The predicted molar refractivity (Wildman–Crippen MR) is 117 cm³/mol. The first kappa shape index (κ1) is 18.2. The fourth-order valence-corrected chi connectivity index (χ4v) is 5.04. The van der Waals surface area contributed by atoms with Crippen LogP contribution in [0.25, 0.3) is 20.7 Å². The van der Waals surface area contributed by atoms with Gasteiger partial charge in [-0.15, -0.1) is 21.5 Å². The number of thiophene rings is 1. The van der Waals surface area contributed by atoms with E-state index in [9.17, 15) is 0 Å². The average molecular weight is 405 g/mol. The van der Waals surface area contributed by atoms with Gasteiger partial charge in [-0.3, -0.25) is 0 Å². The topological polar surface area (TPSA) is 68.5 Å². The van der Waals surface area contributed by atoms with Gasteiger partial charge < -0.3 is 9.88 Å². The van der Waals surface area contributed by atoms with E-state index in [0.717, 1.165) is 52.9 Å². The van der Waals surface area contributed by atoms with Crippen molar-refractivity contribution in [2.24, 2.45) is 5.92 Å². The zero-order chi connectivity index (χ0) is 20.0. The Morgan fingerprint density at radius 2 is 1.93 bits per heavy atom. The van der Waals surface area contributed by atoms with Crippen molar-refractivity contribution in [3.8, 4) is 10.4 Å².